The predicted molar refractivity (Wildman–Crippen MR) is 121 cm³/mol. The zero-order valence-electron chi connectivity index (χ0n) is 18.6. The van der Waals surface area contributed by atoms with Gasteiger partial charge >= 0.3 is 0 Å². The van der Waals surface area contributed by atoms with Crippen molar-refractivity contribution in [1.29, 1.82) is 5.26 Å². The Labute approximate surface area is 189 Å². The maximum Gasteiger partial charge on any atom is 0.236 e. The molecule has 1 N–H and O–H groups in total. The molecular formula is C25H29N5O2. The van der Waals surface area contributed by atoms with Gasteiger partial charge in [-0.2, -0.15) is 5.26 Å². The number of hydrogen-bond donors (Lipinski definition) is 1. The number of fused-ring (bicyclic) bond motifs is 2. The molecule has 1 saturated carbocycles. The van der Waals surface area contributed by atoms with Crippen LogP contribution in [0.2, 0.25) is 0 Å². The molecule has 2 aromatic rings. The predicted octanol–water partition coefficient (Wildman–Crippen LogP) is 2.67. The number of amides is 1. The maximum atomic E-state index is 13.1. The Morgan fingerprint density at radius 1 is 1.31 bits per heavy atom. The summed E-state index contributed by atoms with van der Waals surface area (Å²) in [6, 6.07) is 14.5. The Morgan fingerprint density at radius 2 is 2.16 bits per heavy atom. The van der Waals surface area contributed by atoms with Crippen molar-refractivity contribution < 1.29 is 9.53 Å². The molecule has 2 bridgehead atoms. The van der Waals surface area contributed by atoms with Crippen LogP contribution in [0.4, 0.5) is 5.82 Å². The SMILES string of the molecule is COc1cccc(C2(NCC(=O)N3CC4C[C@H](C)C(C3)N4c3ccc(C#N)cn3)CC2)c1. The molecule has 7 nitrogen and oxygen atoms in total. The third kappa shape index (κ3) is 3.69. The standard InChI is InChI=1S/C25H29N5O2/c1-17-10-20-15-29(16-22(17)30(20)23-7-6-18(12-26)13-27-23)24(31)14-28-25(8-9-25)19-4-3-5-21(11-19)32-2/h3-7,11,13,17,20,22,28H,8-10,14-16H2,1-2H3/t17-,20?,22?/m0/s1. The highest BCUT2D eigenvalue weighted by atomic mass is 16.5. The van der Waals surface area contributed by atoms with E-state index in [1.165, 1.54) is 5.56 Å². The highest BCUT2D eigenvalue weighted by molar-refractivity contribution is 5.79. The number of nitrogens with one attached hydrogen (secondary N) is 1. The van der Waals surface area contributed by atoms with Gasteiger partial charge in [0.15, 0.2) is 0 Å². The van der Waals surface area contributed by atoms with Gasteiger partial charge in [-0.3, -0.25) is 10.1 Å². The van der Waals surface area contributed by atoms with Crippen LogP contribution in [0, 0.1) is 17.2 Å². The van der Waals surface area contributed by atoms with E-state index in [-0.39, 0.29) is 23.5 Å². The van der Waals surface area contributed by atoms with Crippen LogP contribution in [0.1, 0.15) is 37.3 Å². The van der Waals surface area contributed by atoms with Gasteiger partial charge in [0.05, 0.1) is 25.3 Å². The van der Waals surface area contributed by atoms with E-state index >= 15 is 0 Å². The Balaban J connectivity index is 1.24. The third-order valence-corrected chi connectivity index (χ3v) is 7.33. The number of pyridine rings is 1. The number of rotatable bonds is 6. The van der Waals surface area contributed by atoms with Crippen molar-refractivity contribution in [3.8, 4) is 11.8 Å². The molecule has 3 atom stereocenters. The molecule has 3 fully saturated rings. The molecule has 2 saturated heterocycles. The van der Waals surface area contributed by atoms with Gasteiger partial charge in [-0.25, -0.2) is 4.98 Å². The van der Waals surface area contributed by atoms with E-state index in [4.69, 9.17) is 10.00 Å². The van der Waals surface area contributed by atoms with Crippen LogP contribution in [0.5, 0.6) is 5.75 Å². The topological polar surface area (TPSA) is 81.5 Å². The largest absolute Gasteiger partial charge is 0.497 e. The first kappa shape index (κ1) is 20.8. The molecule has 1 aromatic heterocycles. The fourth-order valence-electron chi connectivity index (χ4n) is 5.37. The van der Waals surface area contributed by atoms with Crippen LogP contribution >= 0.6 is 0 Å². The smallest absolute Gasteiger partial charge is 0.236 e. The van der Waals surface area contributed by atoms with Gasteiger partial charge in [0, 0.05) is 30.9 Å². The van der Waals surface area contributed by atoms with Crippen LogP contribution in [-0.4, -0.2) is 54.6 Å². The quantitative estimate of drug-likeness (QED) is 0.757. The molecule has 1 aromatic carbocycles. The number of hydrogen-bond acceptors (Lipinski definition) is 6. The highest BCUT2D eigenvalue weighted by Crippen LogP contribution is 2.46. The number of likely N-dealkylation sites (tertiary alicyclic amines) is 1. The number of anilines is 1. The van der Waals surface area contributed by atoms with Crippen molar-refractivity contribution >= 4 is 11.7 Å². The molecule has 7 heteroatoms. The summed E-state index contributed by atoms with van der Waals surface area (Å²) in [6.45, 7) is 4.04. The highest BCUT2D eigenvalue weighted by Gasteiger charge is 2.47. The first-order chi connectivity index (χ1) is 15.5. The van der Waals surface area contributed by atoms with E-state index in [0.29, 0.717) is 24.6 Å². The van der Waals surface area contributed by atoms with Crippen LogP contribution in [-0.2, 0) is 10.3 Å². The van der Waals surface area contributed by atoms with Crippen LogP contribution < -0.4 is 15.0 Å². The number of piperazine rings is 1. The lowest BCUT2D eigenvalue weighted by Crippen LogP contribution is -2.58. The Kier molecular flexibility index (Phi) is 5.26. The molecule has 0 radical (unpaired) electrons. The zero-order chi connectivity index (χ0) is 22.3. The van der Waals surface area contributed by atoms with Gasteiger partial charge in [0.1, 0.15) is 17.6 Å². The number of methoxy groups -OCH3 is 1. The van der Waals surface area contributed by atoms with Crippen molar-refractivity contribution in [2.24, 2.45) is 5.92 Å². The summed E-state index contributed by atoms with van der Waals surface area (Å²) in [5.74, 6) is 2.41. The van der Waals surface area contributed by atoms with E-state index < -0.39 is 0 Å². The minimum atomic E-state index is -0.106. The molecular weight excluding hydrogens is 402 g/mol. The normalized spacial score (nSPS) is 25.3. The first-order valence-corrected chi connectivity index (χ1v) is 11.3. The molecule has 3 aliphatic rings. The van der Waals surface area contributed by atoms with Gasteiger partial charge in [0.25, 0.3) is 0 Å². The van der Waals surface area contributed by atoms with Gasteiger partial charge in [-0.15, -0.1) is 0 Å². The van der Waals surface area contributed by atoms with E-state index in [9.17, 15) is 4.79 Å². The maximum absolute atomic E-state index is 13.1. The van der Waals surface area contributed by atoms with Crippen molar-refractivity contribution in [3.63, 3.8) is 0 Å². The van der Waals surface area contributed by atoms with Crippen LogP contribution in [0.25, 0.3) is 0 Å². The summed E-state index contributed by atoms with van der Waals surface area (Å²) in [7, 11) is 1.68. The van der Waals surface area contributed by atoms with Crippen molar-refractivity contribution in [1.82, 2.24) is 15.2 Å². The second-order valence-corrected chi connectivity index (χ2v) is 9.32. The first-order valence-electron chi connectivity index (χ1n) is 11.3. The van der Waals surface area contributed by atoms with Gasteiger partial charge in [-0.05, 0) is 55.0 Å². The van der Waals surface area contributed by atoms with E-state index in [1.54, 1.807) is 13.3 Å². The second-order valence-electron chi connectivity index (χ2n) is 9.32. The number of ether oxygens (including phenoxy) is 1. The summed E-state index contributed by atoms with van der Waals surface area (Å²) >= 11 is 0. The molecule has 32 heavy (non-hydrogen) atoms. The molecule has 2 unspecified atom stereocenters. The van der Waals surface area contributed by atoms with E-state index in [2.05, 4.69) is 40.3 Å². The lowest BCUT2D eigenvalue weighted by atomic mass is 10.0. The molecule has 3 heterocycles. The minimum Gasteiger partial charge on any atom is -0.497 e. The second kappa shape index (κ2) is 8.10. The summed E-state index contributed by atoms with van der Waals surface area (Å²) in [6.07, 6.45) is 4.76. The molecule has 1 aliphatic carbocycles. The number of aromatic nitrogens is 1. The number of carbonyl (C=O) groups excluding carboxylic acids is 1. The van der Waals surface area contributed by atoms with Crippen molar-refractivity contribution in [3.05, 3.63) is 53.7 Å². The molecule has 2 aliphatic heterocycles. The van der Waals surface area contributed by atoms with Crippen LogP contribution in [0.15, 0.2) is 42.6 Å². The Morgan fingerprint density at radius 3 is 2.81 bits per heavy atom. The van der Waals surface area contributed by atoms with Gasteiger partial charge in [-0.1, -0.05) is 19.1 Å². The Hall–Kier alpha value is -3.11. The van der Waals surface area contributed by atoms with Gasteiger partial charge < -0.3 is 14.5 Å². The van der Waals surface area contributed by atoms with Crippen molar-refractivity contribution in [2.75, 3.05) is 31.6 Å². The number of benzene rings is 1. The summed E-state index contributed by atoms with van der Waals surface area (Å²) in [5, 5.41) is 12.6. The molecule has 1 amide bonds. The van der Waals surface area contributed by atoms with E-state index in [0.717, 1.165) is 37.4 Å². The average Bonchev–Trinajstić information content (AvgIpc) is 3.60. The lowest BCUT2D eigenvalue weighted by molar-refractivity contribution is -0.131. The van der Waals surface area contributed by atoms with E-state index in [1.807, 2.05) is 29.2 Å². The number of carbonyl (C=O) groups is 1. The summed E-state index contributed by atoms with van der Waals surface area (Å²) in [5.41, 5.74) is 1.65. The minimum absolute atomic E-state index is 0.106. The van der Waals surface area contributed by atoms with Crippen molar-refractivity contribution in [2.45, 2.75) is 43.8 Å². The van der Waals surface area contributed by atoms with Gasteiger partial charge in [0.2, 0.25) is 5.91 Å². The van der Waals surface area contributed by atoms with Crippen LogP contribution in [0.3, 0.4) is 0 Å². The number of nitrogens with zero attached hydrogens (tertiary/aromatic N) is 4. The third-order valence-electron chi connectivity index (χ3n) is 7.33. The molecule has 5 rings (SSSR count). The average molecular weight is 432 g/mol. The molecule has 0 spiro atoms. The zero-order valence-corrected chi connectivity index (χ0v) is 18.6. The summed E-state index contributed by atoms with van der Waals surface area (Å²) < 4.78 is 5.37. The summed E-state index contributed by atoms with van der Waals surface area (Å²) in [4.78, 5) is 22.1. The number of nitriles is 1. The fraction of sp³-hybridized carbons (Fsp3) is 0.480. The lowest BCUT2D eigenvalue weighted by Gasteiger charge is -2.42. The Bertz CT molecular complexity index is 1040. The fourth-order valence-corrected chi connectivity index (χ4v) is 5.37. The monoisotopic (exact) mass is 431 g/mol. The molecule has 166 valence electrons.